The first kappa shape index (κ1) is 13.8. The van der Waals surface area contributed by atoms with Crippen molar-refractivity contribution in [3.8, 4) is 0 Å². The predicted molar refractivity (Wildman–Crippen MR) is 79.2 cm³/mol. The number of β-amino-alcohol motifs (C(OH)–C–C–N with tert-alkyl or cyclic N) is 1. The van der Waals surface area contributed by atoms with Crippen LogP contribution in [0.15, 0.2) is 22.7 Å². The number of hydrogen-bond donors (Lipinski definition) is 2. The summed E-state index contributed by atoms with van der Waals surface area (Å²) < 4.78 is 1.12. The highest BCUT2D eigenvalue weighted by atomic mass is 79.9. The van der Waals surface area contributed by atoms with E-state index >= 15 is 0 Å². The van der Waals surface area contributed by atoms with E-state index in [4.69, 9.17) is 0 Å². The van der Waals surface area contributed by atoms with Crippen molar-refractivity contribution in [2.75, 3.05) is 24.5 Å². The van der Waals surface area contributed by atoms with Gasteiger partial charge in [-0.25, -0.2) is 0 Å². The fourth-order valence-corrected chi connectivity index (χ4v) is 2.66. The lowest BCUT2D eigenvalue weighted by atomic mass is 10.1. The molecule has 0 aromatic heterocycles. The van der Waals surface area contributed by atoms with Crippen LogP contribution in [-0.2, 0) is 0 Å². The smallest absolute Gasteiger partial charge is 0.0917 e. The third-order valence-electron chi connectivity index (χ3n) is 3.38. The molecular weight excluding hydrogens is 292 g/mol. The quantitative estimate of drug-likeness (QED) is 0.835. The number of aryl methyl sites for hydroxylation is 1. The SMILES string of the molecule is Cc1ccc(N2CC(C)NCC(C)(O)C2)cc1Br. The van der Waals surface area contributed by atoms with Gasteiger partial charge in [0.15, 0.2) is 0 Å². The molecule has 2 unspecified atom stereocenters. The lowest BCUT2D eigenvalue weighted by molar-refractivity contribution is 0.0718. The van der Waals surface area contributed by atoms with Gasteiger partial charge in [0, 0.05) is 35.8 Å². The lowest BCUT2D eigenvalue weighted by Gasteiger charge is -2.30. The highest BCUT2D eigenvalue weighted by Gasteiger charge is 2.29. The van der Waals surface area contributed by atoms with Crippen molar-refractivity contribution in [3.05, 3.63) is 28.2 Å². The van der Waals surface area contributed by atoms with Crippen LogP contribution in [0.2, 0.25) is 0 Å². The van der Waals surface area contributed by atoms with Crippen molar-refractivity contribution in [1.82, 2.24) is 5.32 Å². The normalized spacial score (nSPS) is 29.2. The van der Waals surface area contributed by atoms with Crippen LogP contribution < -0.4 is 10.2 Å². The summed E-state index contributed by atoms with van der Waals surface area (Å²) >= 11 is 3.57. The molecule has 2 atom stereocenters. The zero-order valence-corrected chi connectivity index (χ0v) is 12.8. The molecule has 2 rings (SSSR count). The Hall–Kier alpha value is -0.580. The summed E-state index contributed by atoms with van der Waals surface area (Å²) in [5.41, 5.74) is 1.69. The summed E-state index contributed by atoms with van der Waals surface area (Å²) in [6.07, 6.45) is 0. The number of halogens is 1. The van der Waals surface area contributed by atoms with E-state index in [1.807, 2.05) is 6.92 Å². The van der Waals surface area contributed by atoms with Crippen LogP contribution in [0.25, 0.3) is 0 Å². The van der Waals surface area contributed by atoms with Gasteiger partial charge < -0.3 is 15.3 Å². The van der Waals surface area contributed by atoms with Gasteiger partial charge in [-0.1, -0.05) is 22.0 Å². The van der Waals surface area contributed by atoms with Crippen LogP contribution in [-0.4, -0.2) is 36.4 Å². The van der Waals surface area contributed by atoms with Crippen LogP contribution in [0.4, 0.5) is 5.69 Å². The Labute approximate surface area is 117 Å². The van der Waals surface area contributed by atoms with E-state index in [9.17, 15) is 5.11 Å². The average molecular weight is 313 g/mol. The van der Waals surface area contributed by atoms with Crippen molar-refractivity contribution < 1.29 is 5.11 Å². The number of anilines is 1. The highest BCUT2D eigenvalue weighted by molar-refractivity contribution is 9.10. The zero-order valence-electron chi connectivity index (χ0n) is 11.2. The van der Waals surface area contributed by atoms with Gasteiger partial charge in [-0.15, -0.1) is 0 Å². The Bertz CT molecular complexity index is 434. The van der Waals surface area contributed by atoms with Gasteiger partial charge in [0.25, 0.3) is 0 Å². The van der Waals surface area contributed by atoms with Crippen LogP contribution in [0.1, 0.15) is 19.4 Å². The monoisotopic (exact) mass is 312 g/mol. The summed E-state index contributed by atoms with van der Waals surface area (Å²) in [5, 5.41) is 13.7. The van der Waals surface area contributed by atoms with E-state index in [0.29, 0.717) is 19.1 Å². The van der Waals surface area contributed by atoms with Crippen molar-refractivity contribution in [2.45, 2.75) is 32.4 Å². The first-order valence-electron chi connectivity index (χ1n) is 6.34. The van der Waals surface area contributed by atoms with Crippen molar-refractivity contribution in [2.24, 2.45) is 0 Å². The first-order chi connectivity index (χ1) is 8.37. The van der Waals surface area contributed by atoms with E-state index in [-0.39, 0.29) is 0 Å². The Morgan fingerprint density at radius 2 is 2.22 bits per heavy atom. The van der Waals surface area contributed by atoms with Gasteiger partial charge in [0.05, 0.1) is 5.60 Å². The lowest BCUT2D eigenvalue weighted by Crippen LogP contribution is -2.43. The molecule has 2 N–H and O–H groups in total. The molecule has 1 aromatic carbocycles. The average Bonchev–Trinajstić information content (AvgIpc) is 2.42. The molecule has 0 bridgehead atoms. The van der Waals surface area contributed by atoms with Crippen LogP contribution in [0.3, 0.4) is 0 Å². The van der Waals surface area contributed by atoms with Crippen LogP contribution in [0.5, 0.6) is 0 Å². The maximum atomic E-state index is 10.3. The van der Waals surface area contributed by atoms with Crippen molar-refractivity contribution in [3.63, 3.8) is 0 Å². The topological polar surface area (TPSA) is 35.5 Å². The number of benzene rings is 1. The molecule has 1 heterocycles. The number of nitrogens with zero attached hydrogens (tertiary/aromatic N) is 1. The standard InChI is InChI=1S/C14H21BrN2O/c1-10-4-5-12(6-13(10)15)17-7-11(2)16-8-14(3,18)9-17/h4-6,11,16,18H,7-9H2,1-3H3. The van der Waals surface area contributed by atoms with Crippen molar-refractivity contribution in [1.29, 1.82) is 0 Å². The maximum absolute atomic E-state index is 10.3. The summed E-state index contributed by atoms with van der Waals surface area (Å²) in [4.78, 5) is 2.24. The van der Waals surface area contributed by atoms with E-state index < -0.39 is 5.60 Å². The fraction of sp³-hybridized carbons (Fsp3) is 0.571. The molecule has 0 spiro atoms. The molecule has 3 nitrogen and oxygen atoms in total. The molecule has 0 saturated carbocycles. The number of nitrogens with one attached hydrogen (secondary N) is 1. The van der Waals surface area contributed by atoms with Crippen LogP contribution >= 0.6 is 15.9 Å². The molecule has 1 aromatic rings. The molecule has 1 aliphatic heterocycles. The second-order valence-corrected chi connectivity index (χ2v) is 6.45. The Balaban J connectivity index is 2.26. The number of hydrogen-bond acceptors (Lipinski definition) is 3. The molecule has 4 heteroatoms. The molecular formula is C14H21BrN2O. The second-order valence-electron chi connectivity index (χ2n) is 5.59. The molecule has 1 saturated heterocycles. The largest absolute Gasteiger partial charge is 0.387 e. The van der Waals surface area contributed by atoms with E-state index in [1.165, 1.54) is 5.56 Å². The van der Waals surface area contributed by atoms with E-state index in [2.05, 4.69) is 58.2 Å². The van der Waals surface area contributed by atoms with Gasteiger partial charge in [-0.3, -0.25) is 0 Å². The minimum absolute atomic E-state index is 0.374. The highest BCUT2D eigenvalue weighted by Crippen LogP contribution is 2.25. The summed E-state index contributed by atoms with van der Waals surface area (Å²) in [6.45, 7) is 8.31. The van der Waals surface area contributed by atoms with Gasteiger partial charge in [-0.2, -0.15) is 0 Å². The molecule has 18 heavy (non-hydrogen) atoms. The fourth-order valence-electron chi connectivity index (χ4n) is 2.30. The third kappa shape index (κ3) is 3.25. The third-order valence-corrected chi connectivity index (χ3v) is 4.23. The molecule has 0 aliphatic carbocycles. The van der Waals surface area contributed by atoms with Gasteiger partial charge in [0.1, 0.15) is 0 Å². The van der Waals surface area contributed by atoms with Gasteiger partial charge in [-0.05, 0) is 38.5 Å². The van der Waals surface area contributed by atoms with E-state index in [1.54, 1.807) is 0 Å². The Morgan fingerprint density at radius 3 is 2.89 bits per heavy atom. The summed E-state index contributed by atoms with van der Waals surface area (Å²) in [7, 11) is 0. The molecule has 100 valence electrons. The zero-order chi connectivity index (χ0) is 13.3. The van der Waals surface area contributed by atoms with Gasteiger partial charge >= 0.3 is 0 Å². The maximum Gasteiger partial charge on any atom is 0.0917 e. The Morgan fingerprint density at radius 1 is 1.50 bits per heavy atom. The Kier molecular flexibility index (Phi) is 3.99. The second kappa shape index (κ2) is 5.19. The van der Waals surface area contributed by atoms with E-state index in [0.717, 1.165) is 16.7 Å². The minimum atomic E-state index is -0.692. The molecule has 0 amide bonds. The van der Waals surface area contributed by atoms with Crippen molar-refractivity contribution >= 4 is 21.6 Å². The molecule has 1 fully saturated rings. The predicted octanol–water partition coefficient (Wildman–Crippen LogP) is 2.31. The first-order valence-corrected chi connectivity index (χ1v) is 7.13. The minimum Gasteiger partial charge on any atom is -0.387 e. The molecule has 1 aliphatic rings. The van der Waals surface area contributed by atoms with Crippen LogP contribution in [0, 0.1) is 6.92 Å². The number of aliphatic hydroxyl groups is 1. The number of rotatable bonds is 1. The summed E-state index contributed by atoms with van der Waals surface area (Å²) in [5.74, 6) is 0. The molecule has 0 radical (unpaired) electrons. The summed E-state index contributed by atoms with van der Waals surface area (Å²) in [6, 6.07) is 6.73. The van der Waals surface area contributed by atoms with Gasteiger partial charge in [0.2, 0.25) is 0 Å².